The summed E-state index contributed by atoms with van der Waals surface area (Å²) in [6, 6.07) is 2.18. The van der Waals surface area contributed by atoms with Gasteiger partial charge in [0, 0.05) is 12.5 Å². The van der Waals surface area contributed by atoms with Crippen molar-refractivity contribution in [1.29, 1.82) is 5.26 Å². The predicted octanol–water partition coefficient (Wildman–Crippen LogP) is 5.06. The third-order valence-corrected chi connectivity index (χ3v) is 4.89. The Hall–Kier alpha value is -0.800. The first kappa shape index (κ1) is 20.2. The Morgan fingerprint density at radius 2 is 1.96 bits per heavy atom. The summed E-state index contributed by atoms with van der Waals surface area (Å²) in [6.45, 7) is 7.36. The molecule has 0 radical (unpaired) electrons. The van der Waals surface area contributed by atoms with Crippen molar-refractivity contribution >= 4 is 0 Å². The van der Waals surface area contributed by atoms with Crippen molar-refractivity contribution in [3.63, 3.8) is 0 Å². The number of rotatable bonds is 8. The normalized spacial score (nSPS) is 29.0. The van der Waals surface area contributed by atoms with Gasteiger partial charge in [-0.25, -0.2) is 0 Å². The maximum absolute atomic E-state index is 13.7. The molecule has 0 saturated heterocycles. The van der Waals surface area contributed by atoms with Gasteiger partial charge in [0.25, 0.3) is 0 Å². The van der Waals surface area contributed by atoms with E-state index in [1.165, 1.54) is 6.92 Å². The molecule has 0 aromatic carbocycles. The fourth-order valence-corrected chi connectivity index (χ4v) is 3.67. The number of alkyl halides is 3. The number of nitriles is 1. The first-order valence-corrected chi connectivity index (χ1v) is 8.44. The molecule has 1 fully saturated rings. The Labute approximate surface area is 137 Å². The highest BCUT2D eigenvalue weighted by atomic mass is 19.4. The van der Waals surface area contributed by atoms with Crippen molar-refractivity contribution in [3.8, 4) is 6.07 Å². The molecule has 0 spiro atoms. The monoisotopic (exact) mass is 335 g/mol. The predicted molar refractivity (Wildman–Crippen MR) is 81.5 cm³/mol. The van der Waals surface area contributed by atoms with Crippen LogP contribution in [0.1, 0.15) is 59.8 Å². The van der Waals surface area contributed by atoms with E-state index in [-0.39, 0.29) is 30.6 Å². The Balaban J connectivity index is 2.86. The lowest BCUT2D eigenvalue weighted by molar-refractivity contribution is -0.319. The van der Waals surface area contributed by atoms with Gasteiger partial charge < -0.3 is 9.47 Å². The SMILES string of the molecule is CCOC(C)OC1(C(F)(F)F)CCC(C(CC)CC(C)C#N)C1. The zero-order chi connectivity index (χ0) is 17.7. The molecule has 1 rings (SSSR count). The number of halogens is 3. The van der Waals surface area contributed by atoms with E-state index in [2.05, 4.69) is 6.07 Å². The average Bonchev–Trinajstić information content (AvgIpc) is 2.89. The lowest BCUT2D eigenvalue weighted by Gasteiger charge is -2.35. The molecule has 5 unspecified atom stereocenters. The largest absolute Gasteiger partial charge is 0.417 e. The van der Waals surface area contributed by atoms with Crippen molar-refractivity contribution in [3.05, 3.63) is 0 Å². The summed E-state index contributed by atoms with van der Waals surface area (Å²) in [4.78, 5) is 0. The van der Waals surface area contributed by atoms with E-state index < -0.39 is 18.1 Å². The van der Waals surface area contributed by atoms with Gasteiger partial charge in [0.15, 0.2) is 11.9 Å². The molecule has 0 bridgehead atoms. The van der Waals surface area contributed by atoms with Gasteiger partial charge in [0.05, 0.1) is 6.07 Å². The van der Waals surface area contributed by atoms with Gasteiger partial charge in [0.1, 0.15) is 0 Å². The summed E-state index contributed by atoms with van der Waals surface area (Å²) in [5.41, 5.74) is -2.12. The van der Waals surface area contributed by atoms with Crippen LogP contribution in [0.2, 0.25) is 0 Å². The Kier molecular flexibility index (Phi) is 7.34. The van der Waals surface area contributed by atoms with E-state index in [0.717, 1.165) is 6.42 Å². The highest BCUT2D eigenvalue weighted by molar-refractivity contribution is 4.99. The van der Waals surface area contributed by atoms with E-state index >= 15 is 0 Å². The minimum absolute atomic E-state index is 0.0317. The number of nitrogens with zero attached hydrogens (tertiary/aromatic N) is 1. The van der Waals surface area contributed by atoms with E-state index in [9.17, 15) is 13.2 Å². The summed E-state index contributed by atoms with van der Waals surface area (Å²) in [6.07, 6.45) is -3.45. The van der Waals surface area contributed by atoms with Crippen LogP contribution in [0.5, 0.6) is 0 Å². The highest BCUT2D eigenvalue weighted by Crippen LogP contribution is 2.51. The standard InChI is InChI=1S/C17H28F3NO2/c1-5-14(9-12(3)11-21)15-7-8-16(10-15,17(18,19)20)23-13(4)22-6-2/h12-15H,5-10H2,1-4H3. The molecule has 0 amide bonds. The highest BCUT2D eigenvalue weighted by Gasteiger charge is 2.60. The van der Waals surface area contributed by atoms with Crippen LogP contribution >= 0.6 is 0 Å². The minimum Gasteiger partial charge on any atom is -0.353 e. The quantitative estimate of drug-likeness (QED) is 0.582. The maximum atomic E-state index is 13.7. The second kappa shape index (κ2) is 8.34. The Morgan fingerprint density at radius 1 is 1.30 bits per heavy atom. The van der Waals surface area contributed by atoms with Crippen LogP contribution < -0.4 is 0 Å². The van der Waals surface area contributed by atoms with E-state index in [1.807, 2.05) is 13.8 Å². The molecule has 1 aliphatic carbocycles. The fourth-order valence-electron chi connectivity index (χ4n) is 3.67. The molecule has 0 aliphatic heterocycles. The molecule has 1 saturated carbocycles. The van der Waals surface area contributed by atoms with Crippen molar-refractivity contribution in [2.75, 3.05) is 6.61 Å². The molecule has 0 aromatic heterocycles. The molecule has 0 heterocycles. The van der Waals surface area contributed by atoms with Crippen LogP contribution in [0.3, 0.4) is 0 Å². The van der Waals surface area contributed by atoms with Crippen molar-refractivity contribution in [2.45, 2.75) is 77.9 Å². The number of hydrogen-bond acceptors (Lipinski definition) is 3. The topological polar surface area (TPSA) is 42.2 Å². The third kappa shape index (κ3) is 5.09. The van der Waals surface area contributed by atoms with Gasteiger partial charge in [-0.15, -0.1) is 0 Å². The molecular weight excluding hydrogens is 307 g/mol. The molecule has 5 atom stereocenters. The van der Waals surface area contributed by atoms with Crippen molar-refractivity contribution in [1.82, 2.24) is 0 Å². The zero-order valence-corrected chi connectivity index (χ0v) is 14.4. The van der Waals surface area contributed by atoms with Crippen molar-refractivity contribution < 1.29 is 22.6 Å². The molecule has 0 aromatic rings. The van der Waals surface area contributed by atoms with E-state index in [4.69, 9.17) is 14.7 Å². The summed E-state index contributed by atoms with van der Waals surface area (Å²) in [5.74, 6) is -0.0739. The first-order valence-electron chi connectivity index (χ1n) is 8.44. The molecule has 6 heteroatoms. The second-order valence-corrected chi connectivity index (χ2v) is 6.57. The first-order chi connectivity index (χ1) is 10.7. The van der Waals surface area contributed by atoms with Crippen LogP contribution in [0.15, 0.2) is 0 Å². The fraction of sp³-hybridized carbons (Fsp3) is 0.941. The second-order valence-electron chi connectivity index (χ2n) is 6.57. The number of ether oxygens (including phenoxy) is 2. The summed E-state index contributed by atoms with van der Waals surface area (Å²) in [7, 11) is 0. The number of hydrogen-bond donors (Lipinski definition) is 0. The van der Waals surface area contributed by atoms with Gasteiger partial charge in [-0.1, -0.05) is 13.3 Å². The summed E-state index contributed by atoms with van der Waals surface area (Å²) in [5, 5.41) is 8.96. The third-order valence-electron chi connectivity index (χ3n) is 4.89. The molecule has 0 N–H and O–H groups in total. The van der Waals surface area contributed by atoms with Crippen molar-refractivity contribution in [2.24, 2.45) is 17.8 Å². The lowest BCUT2D eigenvalue weighted by atomic mass is 9.81. The van der Waals surface area contributed by atoms with Gasteiger partial charge in [-0.2, -0.15) is 18.4 Å². The molecule has 3 nitrogen and oxygen atoms in total. The summed E-state index contributed by atoms with van der Waals surface area (Å²) >= 11 is 0. The van der Waals surface area contributed by atoms with Crippen LogP contribution in [-0.2, 0) is 9.47 Å². The van der Waals surface area contributed by atoms with Gasteiger partial charge in [-0.3, -0.25) is 0 Å². The van der Waals surface area contributed by atoms with Gasteiger partial charge in [0.2, 0.25) is 0 Å². The van der Waals surface area contributed by atoms with Crippen LogP contribution in [-0.4, -0.2) is 24.7 Å². The average molecular weight is 335 g/mol. The van der Waals surface area contributed by atoms with Gasteiger partial charge in [-0.05, 0) is 58.3 Å². The lowest BCUT2D eigenvalue weighted by Crippen LogP contribution is -2.48. The van der Waals surface area contributed by atoms with Gasteiger partial charge >= 0.3 is 6.18 Å². The Bertz CT molecular complexity index is 408. The summed E-state index contributed by atoms with van der Waals surface area (Å²) < 4.78 is 51.5. The maximum Gasteiger partial charge on any atom is 0.417 e. The van der Waals surface area contributed by atoms with Crippen LogP contribution in [0.25, 0.3) is 0 Å². The van der Waals surface area contributed by atoms with Crippen LogP contribution in [0.4, 0.5) is 13.2 Å². The van der Waals surface area contributed by atoms with E-state index in [1.54, 1.807) is 6.92 Å². The van der Waals surface area contributed by atoms with E-state index in [0.29, 0.717) is 19.4 Å². The zero-order valence-electron chi connectivity index (χ0n) is 14.4. The minimum atomic E-state index is -4.41. The Morgan fingerprint density at radius 3 is 2.43 bits per heavy atom. The smallest absolute Gasteiger partial charge is 0.353 e. The molecule has 1 aliphatic rings. The molecule has 134 valence electrons. The van der Waals surface area contributed by atoms with Crippen LogP contribution in [0, 0.1) is 29.1 Å². The molecule has 23 heavy (non-hydrogen) atoms. The molecular formula is C17H28F3NO2.